The minimum Gasteiger partial charge on any atom is -0.504 e. The fourth-order valence-corrected chi connectivity index (χ4v) is 2.52. The van der Waals surface area contributed by atoms with Crippen molar-refractivity contribution in [3.63, 3.8) is 0 Å². The average Bonchev–Trinajstić information content (AvgIpc) is 2.76. The van der Waals surface area contributed by atoms with Gasteiger partial charge in [-0.15, -0.1) is 0 Å². The van der Waals surface area contributed by atoms with Crippen LogP contribution in [-0.4, -0.2) is 17.2 Å². The van der Waals surface area contributed by atoms with Gasteiger partial charge in [0.25, 0.3) is 0 Å². The van der Waals surface area contributed by atoms with Crippen LogP contribution in [0, 0.1) is 0 Å². The number of ether oxygens (including phenoxy) is 1. The maximum atomic E-state index is 9.82. The second-order valence-corrected chi connectivity index (χ2v) is 4.90. The van der Waals surface area contributed by atoms with Gasteiger partial charge in [-0.05, 0) is 29.8 Å². The van der Waals surface area contributed by atoms with E-state index in [2.05, 4.69) is 5.32 Å². The third-order valence-corrected chi connectivity index (χ3v) is 3.55. The van der Waals surface area contributed by atoms with E-state index >= 15 is 0 Å². The van der Waals surface area contributed by atoms with Gasteiger partial charge >= 0.3 is 0 Å². The van der Waals surface area contributed by atoms with E-state index < -0.39 is 0 Å². The van der Waals surface area contributed by atoms with Crippen LogP contribution < -0.4 is 10.1 Å². The van der Waals surface area contributed by atoms with Crippen LogP contribution in [0.5, 0.6) is 11.5 Å². The molecular formula is C16H13NO2S. The van der Waals surface area contributed by atoms with Crippen molar-refractivity contribution in [2.45, 2.75) is 0 Å². The van der Waals surface area contributed by atoms with Crippen LogP contribution in [0.25, 0.3) is 11.6 Å². The number of phenolic OH excluding ortho intramolecular Hbond substituents is 1. The number of para-hydroxylation sites is 1. The zero-order chi connectivity index (χ0) is 14.1. The van der Waals surface area contributed by atoms with Crippen molar-refractivity contribution in [3.8, 4) is 11.5 Å². The maximum absolute atomic E-state index is 9.82. The third-order valence-electron chi connectivity index (χ3n) is 3.22. The zero-order valence-electron chi connectivity index (χ0n) is 10.9. The minimum absolute atomic E-state index is 0.118. The number of phenols is 1. The molecule has 0 bridgehead atoms. The molecule has 0 saturated carbocycles. The van der Waals surface area contributed by atoms with E-state index in [0.717, 1.165) is 22.4 Å². The number of nitrogens with one attached hydrogen (secondary N) is 1. The summed E-state index contributed by atoms with van der Waals surface area (Å²) in [6.07, 6.45) is 1.96. The highest BCUT2D eigenvalue weighted by molar-refractivity contribution is 7.81. The number of benzene rings is 2. The van der Waals surface area contributed by atoms with Crippen molar-refractivity contribution in [3.05, 3.63) is 53.6 Å². The molecule has 4 heteroatoms. The SMILES string of the molecule is COc1ccc(/C=C2/C(=S)Nc3ccccc32)cc1O. The van der Waals surface area contributed by atoms with Crippen molar-refractivity contribution in [2.75, 3.05) is 12.4 Å². The van der Waals surface area contributed by atoms with E-state index in [0.29, 0.717) is 10.7 Å². The Hall–Kier alpha value is -2.33. The van der Waals surface area contributed by atoms with E-state index in [9.17, 15) is 5.11 Å². The Kier molecular flexibility index (Phi) is 3.16. The second kappa shape index (κ2) is 4.98. The average molecular weight is 283 g/mol. The van der Waals surface area contributed by atoms with Gasteiger partial charge in [0.2, 0.25) is 0 Å². The fraction of sp³-hybridized carbons (Fsp3) is 0.0625. The molecule has 2 N–H and O–H groups in total. The molecule has 0 saturated heterocycles. The molecule has 0 aliphatic carbocycles. The van der Waals surface area contributed by atoms with Crippen molar-refractivity contribution >= 4 is 34.5 Å². The van der Waals surface area contributed by atoms with Gasteiger partial charge in [0.1, 0.15) is 4.99 Å². The lowest BCUT2D eigenvalue weighted by Gasteiger charge is -2.04. The van der Waals surface area contributed by atoms with Crippen molar-refractivity contribution in [1.29, 1.82) is 0 Å². The Morgan fingerprint density at radius 1 is 1.20 bits per heavy atom. The van der Waals surface area contributed by atoms with Gasteiger partial charge in [-0.3, -0.25) is 0 Å². The van der Waals surface area contributed by atoms with Gasteiger partial charge in [0.15, 0.2) is 11.5 Å². The smallest absolute Gasteiger partial charge is 0.160 e. The number of hydrogen-bond donors (Lipinski definition) is 2. The van der Waals surface area contributed by atoms with Crippen molar-refractivity contribution in [1.82, 2.24) is 0 Å². The molecule has 0 spiro atoms. The molecular weight excluding hydrogens is 270 g/mol. The van der Waals surface area contributed by atoms with E-state index in [1.165, 1.54) is 7.11 Å². The topological polar surface area (TPSA) is 41.5 Å². The maximum Gasteiger partial charge on any atom is 0.160 e. The molecule has 0 fully saturated rings. The molecule has 2 aromatic rings. The number of thiocarbonyl (C=S) groups is 1. The fourth-order valence-electron chi connectivity index (χ4n) is 2.25. The number of methoxy groups -OCH3 is 1. The Balaban J connectivity index is 2.04. The predicted molar refractivity (Wildman–Crippen MR) is 85.2 cm³/mol. The highest BCUT2D eigenvalue weighted by Crippen LogP contribution is 2.34. The molecule has 1 aliphatic heterocycles. The molecule has 100 valence electrons. The van der Waals surface area contributed by atoms with Crippen LogP contribution in [-0.2, 0) is 0 Å². The van der Waals surface area contributed by atoms with Crippen LogP contribution in [0.2, 0.25) is 0 Å². The number of aromatic hydroxyl groups is 1. The van der Waals surface area contributed by atoms with E-state index in [1.54, 1.807) is 12.1 Å². The van der Waals surface area contributed by atoms with E-state index in [4.69, 9.17) is 17.0 Å². The van der Waals surface area contributed by atoms with Crippen LogP contribution in [0.3, 0.4) is 0 Å². The zero-order valence-corrected chi connectivity index (χ0v) is 11.7. The summed E-state index contributed by atoms with van der Waals surface area (Å²) in [4.78, 5) is 0.696. The lowest BCUT2D eigenvalue weighted by atomic mass is 10.0. The Bertz CT molecular complexity index is 722. The van der Waals surface area contributed by atoms with E-state index in [1.807, 2.05) is 36.4 Å². The van der Waals surface area contributed by atoms with Crippen LogP contribution in [0.15, 0.2) is 42.5 Å². The Labute approximate surface area is 122 Å². The van der Waals surface area contributed by atoms with E-state index in [-0.39, 0.29) is 5.75 Å². The van der Waals surface area contributed by atoms with Gasteiger partial charge < -0.3 is 15.2 Å². The first-order valence-electron chi connectivity index (χ1n) is 6.18. The van der Waals surface area contributed by atoms with Gasteiger partial charge in [0.05, 0.1) is 7.11 Å². The monoisotopic (exact) mass is 283 g/mol. The standard InChI is InChI=1S/C16H13NO2S/c1-19-15-7-6-10(9-14(15)18)8-12-11-4-2-3-5-13(11)17-16(12)20/h2-9,18H,1H3,(H,17,20)/b12-8+. The number of hydrogen-bond acceptors (Lipinski definition) is 3. The quantitative estimate of drug-likeness (QED) is 0.651. The molecule has 1 aliphatic rings. The first-order chi connectivity index (χ1) is 9.69. The Morgan fingerprint density at radius 3 is 2.75 bits per heavy atom. The predicted octanol–water partition coefficient (Wildman–Crippen LogP) is 3.69. The lowest BCUT2D eigenvalue weighted by molar-refractivity contribution is 0.373. The molecule has 0 atom stereocenters. The van der Waals surface area contributed by atoms with Crippen LogP contribution in [0.4, 0.5) is 5.69 Å². The Morgan fingerprint density at radius 2 is 2.00 bits per heavy atom. The normalized spacial score (nSPS) is 15.1. The molecule has 0 aromatic heterocycles. The summed E-state index contributed by atoms with van der Waals surface area (Å²) >= 11 is 5.36. The number of anilines is 1. The molecule has 0 amide bonds. The molecule has 0 radical (unpaired) electrons. The molecule has 2 aromatic carbocycles. The van der Waals surface area contributed by atoms with Crippen LogP contribution >= 0.6 is 12.2 Å². The number of rotatable bonds is 2. The van der Waals surface area contributed by atoms with Gasteiger partial charge in [-0.1, -0.05) is 36.5 Å². The second-order valence-electron chi connectivity index (χ2n) is 4.49. The minimum atomic E-state index is 0.118. The summed E-state index contributed by atoms with van der Waals surface area (Å²) in [5.74, 6) is 0.576. The summed E-state index contributed by atoms with van der Waals surface area (Å²) < 4.78 is 5.04. The highest BCUT2D eigenvalue weighted by Gasteiger charge is 2.20. The van der Waals surface area contributed by atoms with Gasteiger partial charge in [-0.25, -0.2) is 0 Å². The van der Waals surface area contributed by atoms with Gasteiger partial charge in [0, 0.05) is 16.8 Å². The largest absolute Gasteiger partial charge is 0.504 e. The van der Waals surface area contributed by atoms with Gasteiger partial charge in [-0.2, -0.15) is 0 Å². The summed E-state index contributed by atoms with van der Waals surface area (Å²) in [5, 5.41) is 13.0. The molecule has 3 nitrogen and oxygen atoms in total. The molecule has 0 unspecified atom stereocenters. The third kappa shape index (κ3) is 2.14. The summed E-state index contributed by atoms with van der Waals surface area (Å²) in [6.45, 7) is 0. The summed E-state index contributed by atoms with van der Waals surface area (Å²) in [6, 6.07) is 13.2. The van der Waals surface area contributed by atoms with Crippen molar-refractivity contribution < 1.29 is 9.84 Å². The summed E-state index contributed by atoms with van der Waals surface area (Å²) in [7, 11) is 1.53. The first-order valence-corrected chi connectivity index (χ1v) is 6.59. The molecule has 3 rings (SSSR count). The van der Waals surface area contributed by atoms with Crippen molar-refractivity contribution in [2.24, 2.45) is 0 Å². The summed E-state index contributed by atoms with van der Waals surface area (Å²) in [5.41, 5.74) is 3.92. The van der Waals surface area contributed by atoms with Crippen LogP contribution in [0.1, 0.15) is 11.1 Å². The molecule has 1 heterocycles. The first kappa shape index (κ1) is 12.7. The lowest BCUT2D eigenvalue weighted by Crippen LogP contribution is -2.00. The molecule has 20 heavy (non-hydrogen) atoms. The highest BCUT2D eigenvalue weighted by atomic mass is 32.1. The number of fused-ring (bicyclic) bond motifs is 1.